The van der Waals surface area contributed by atoms with Crippen LogP contribution in [0, 0.1) is 0 Å². The quantitative estimate of drug-likeness (QED) is 0.278. The maximum absolute atomic E-state index is 12.0. The summed E-state index contributed by atoms with van der Waals surface area (Å²) in [4.78, 5) is 12.0. The van der Waals surface area contributed by atoms with Gasteiger partial charge in [0.2, 0.25) is 0 Å². The molecule has 2 aliphatic heterocycles. The van der Waals surface area contributed by atoms with E-state index in [9.17, 15) is 4.79 Å². The Morgan fingerprint density at radius 3 is 2.57 bits per heavy atom. The van der Waals surface area contributed by atoms with Crippen molar-refractivity contribution in [1.82, 2.24) is 0 Å². The van der Waals surface area contributed by atoms with Crippen molar-refractivity contribution < 1.29 is 33.2 Å². The number of carbonyl (C=O) groups excluding carboxylic acids is 1. The number of benzene rings is 1. The Bertz CT molecular complexity index is 537. The molecule has 1 aromatic carbocycles. The number of ether oxygens (including phenoxy) is 6. The number of esters is 1. The number of carbonyl (C=O) groups is 1. The maximum atomic E-state index is 12.0. The standard InChI is InChI=1S/C16H20O7/c1-2-18-10-23-14-4-3-11(16(17)22-9-13-7-20-13)5-15(14)21-8-12-6-19-12/h3-5,12-13H,2,6-10H2,1H3. The van der Waals surface area contributed by atoms with Gasteiger partial charge in [-0.2, -0.15) is 0 Å². The van der Waals surface area contributed by atoms with Crippen LogP contribution in [-0.2, 0) is 18.9 Å². The normalized spacial score (nSPS) is 21.6. The van der Waals surface area contributed by atoms with Crippen molar-refractivity contribution in [3.63, 3.8) is 0 Å². The number of hydrogen-bond acceptors (Lipinski definition) is 7. The Hall–Kier alpha value is -1.83. The lowest BCUT2D eigenvalue weighted by atomic mass is 10.2. The molecule has 7 heteroatoms. The van der Waals surface area contributed by atoms with E-state index in [0.29, 0.717) is 43.5 Å². The Kier molecular flexibility index (Phi) is 5.32. The van der Waals surface area contributed by atoms with Gasteiger partial charge in [-0.05, 0) is 25.1 Å². The van der Waals surface area contributed by atoms with Gasteiger partial charge >= 0.3 is 5.97 Å². The van der Waals surface area contributed by atoms with E-state index in [1.165, 1.54) is 0 Å². The van der Waals surface area contributed by atoms with Gasteiger partial charge in [0.05, 0.1) is 18.8 Å². The van der Waals surface area contributed by atoms with E-state index < -0.39 is 5.97 Å². The largest absolute Gasteiger partial charge is 0.487 e. The Labute approximate surface area is 134 Å². The fourth-order valence-corrected chi connectivity index (χ4v) is 1.82. The molecular formula is C16H20O7. The van der Waals surface area contributed by atoms with E-state index >= 15 is 0 Å². The van der Waals surface area contributed by atoms with Crippen LogP contribution >= 0.6 is 0 Å². The van der Waals surface area contributed by atoms with Gasteiger partial charge in [0.1, 0.15) is 25.4 Å². The van der Waals surface area contributed by atoms with Gasteiger partial charge < -0.3 is 28.4 Å². The van der Waals surface area contributed by atoms with E-state index in [0.717, 1.165) is 0 Å². The number of rotatable bonds is 10. The summed E-state index contributed by atoms with van der Waals surface area (Å²) in [5.41, 5.74) is 0.404. The maximum Gasteiger partial charge on any atom is 0.338 e. The zero-order valence-corrected chi connectivity index (χ0v) is 13.0. The van der Waals surface area contributed by atoms with E-state index in [-0.39, 0.29) is 25.6 Å². The highest BCUT2D eigenvalue weighted by atomic mass is 16.7. The van der Waals surface area contributed by atoms with Gasteiger partial charge in [-0.3, -0.25) is 0 Å². The molecule has 7 nitrogen and oxygen atoms in total. The lowest BCUT2D eigenvalue weighted by Gasteiger charge is -2.13. The molecule has 23 heavy (non-hydrogen) atoms. The van der Waals surface area contributed by atoms with Crippen LogP contribution in [0.4, 0.5) is 0 Å². The van der Waals surface area contributed by atoms with Gasteiger partial charge in [-0.25, -0.2) is 4.79 Å². The second-order valence-corrected chi connectivity index (χ2v) is 5.24. The molecule has 0 bridgehead atoms. The first-order valence-electron chi connectivity index (χ1n) is 7.64. The minimum atomic E-state index is -0.413. The van der Waals surface area contributed by atoms with E-state index in [2.05, 4.69) is 0 Å². The molecule has 2 saturated heterocycles. The third-order valence-electron chi connectivity index (χ3n) is 3.31. The fourth-order valence-electron chi connectivity index (χ4n) is 1.82. The lowest BCUT2D eigenvalue weighted by molar-refractivity contribution is 0.0204. The smallest absolute Gasteiger partial charge is 0.338 e. The van der Waals surface area contributed by atoms with Gasteiger partial charge in [0.25, 0.3) is 0 Å². The molecule has 2 unspecified atom stereocenters. The highest BCUT2D eigenvalue weighted by molar-refractivity contribution is 5.90. The van der Waals surface area contributed by atoms with Crippen molar-refractivity contribution in [2.45, 2.75) is 19.1 Å². The van der Waals surface area contributed by atoms with Crippen LogP contribution in [0.15, 0.2) is 18.2 Å². The molecule has 126 valence electrons. The molecule has 0 aromatic heterocycles. The number of hydrogen-bond donors (Lipinski definition) is 0. The summed E-state index contributed by atoms with van der Waals surface area (Å²) in [6.07, 6.45) is 0.146. The molecule has 2 fully saturated rings. The van der Waals surface area contributed by atoms with Crippen molar-refractivity contribution >= 4 is 5.97 Å². The molecule has 0 N–H and O–H groups in total. The third kappa shape index (κ3) is 5.09. The lowest BCUT2D eigenvalue weighted by Crippen LogP contribution is -2.12. The topological polar surface area (TPSA) is 79.1 Å². The summed E-state index contributed by atoms with van der Waals surface area (Å²) in [7, 11) is 0. The van der Waals surface area contributed by atoms with Gasteiger partial charge in [0.15, 0.2) is 18.3 Å². The summed E-state index contributed by atoms with van der Waals surface area (Å²) >= 11 is 0. The molecular weight excluding hydrogens is 304 g/mol. The van der Waals surface area contributed by atoms with Crippen molar-refractivity contribution in [3.8, 4) is 11.5 Å². The third-order valence-corrected chi connectivity index (χ3v) is 3.31. The molecule has 2 aliphatic rings. The first-order chi connectivity index (χ1) is 11.3. The Morgan fingerprint density at radius 2 is 1.87 bits per heavy atom. The average Bonchev–Trinajstić information content (AvgIpc) is 3.46. The minimum Gasteiger partial charge on any atom is -0.487 e. The van der Waals surface area contributed by atoms with Crippen molar-refractivity contribution in [3.05, 3.63) is 23.8 Å². The van der Waals surface area contributed by atoms with Crippen LogP contribution < -0.4 is 9.47 Å². The number of epoxide rings is 2. The summed E-state index contributed by atoms with van der Waals surface area (Å²) in [6, 6.07) is 4.92. The van der Waals surface area contributed by atoms with Crippen molar-refractivity contribution in [2.24, 2.45) is 0 Å². The van der Waals surface area contributed by atoms with E-state index in [1.807, 2.05) is 6.92 Å². The second-order valence-electron chi connectivity index (χ2n) is 5.24. The van der Waals surface area contributed by atoms with Crippen LogP contribution in [0.25, 0.3) is 0 Å². The zero-order valence-electron chi connectivity index (χ0n) is 13.0. The summed E-state index contributed by atoms with van der Waals surface area (Å²) in [5, 5.41) is 0. The predicted octanol–water partition coefficient (Wildman–Crippen LogP) is 1.39. The van der Waals surface area contributed by atoms with Crippen LogP contribution in [0.5, 0.6) is 11.5 Å². The SMILES string of the molecule is CCOCOc1ccc(C(=O)OCC2CO2)cc1OCC1CO1. The molecule has 2 heterocycles. The van der Waals surface area contributed by atoms with Crippen LogP contribution in [0.3, 0.4) is 0 Å². The summed E-state index contributed by atoms with van der Waals surface area (Å²) in [6.45, 7) is 4.58. The fraction of sp³-hybridized carbons (Fsp3) is 0.562. The molecule has 0 radical (unpaired) electrons. The van der Waals surface area contributed by atoms with Crippen molar-refractivity contribution in [1.29, 1.82) is 0 Å². The molecule has 0 spiro atoms. The van der Waals surface area contributed by atoms with Crippen LogP contribution in [0.2, 0.25) is 0 Å². The van der Waals surface area contributed by atoms with Gasteiger partial charge in [0, 0.05) is 6.61 Å². The molecule has 0 amide bonds. The van der Waals surface area contributed by atoms with E-state index in [4.69, 9.17) is 28.4 Å². The molecule has 0 saturated carbocycles. The highest BCUT2D eigenvalue weighted by Crippen LogP contribution is 2.30. The highest BCUT2D eigenvalue weighted by Gasteiger charge is 2.26. The monoisotopic (exact) mass is 324 g/mol. The van der Waals surface area contributed by atoms with E-state index in [1.54, 1.807) is 18.2 Å². The Morgan fingerprint density at radius 1 is 1.13 bits per heavy atom. The average molecular weight is 324 g/mol. The molecule has 0 aliphatic carbocycles. The van der Waals surface area contributed by atoms with Gasteiger partial charge in [-0.1, -0.05) is 0 Å². The summed E-state index contributed by atoms with van der Waals surface area (Å²) in [5.74, 6) is 0.572. The molecule has 2 atom stereocenters. The predicted molar refractivity (Wildman–Crippen MR) is 78.8 cm³/mol. The van der Waals surface area contributed by atoms with Crippen LogP contribution in [-0.4, -0.2) is 58.0 Å². The minimum absolute atomic E-state index is 0.0375. The van der Waals surface area contributed by atoms with Crippen molar-refractivity contribution in [2.75, 3.05) is 39.8 Å². The first kappa shape index (κ1) is 16.0. The Balaban J connectivity index is 1.63. The van der Waals surface area contributed by atoms with Crippen LogP contribution in [0.1, 0.15) is 17.3 Å². The first-order valence-corrected chi connectivity index (χ1v) is 7.64. The molecule has 3 rings (SSSR count). The molecule has 1 aromatic rings. The van der Waals surface area contributed by atoms with Gasteiger partial charge in [-0.15, -0.1) is 0 Å². The second kappa shape index (κ2) is 7.63. The zero-order chi connectivity index (χ0) is 16.1. The summed E-state index contributed by atoms with van der Waals surface area (Å²) < 4.78 is 31.7.